The summed E-state index contributed by atoms with van der Waals surface area (Å²) >= 11 is 0. The largest absolute Gasteiger partial charge is 0.198 e. The van der Waals surface area contributed by atoms with Crippen LogP contribution >= 0.6 is 0 Å². The molecule has 0 aliphatic heterocycles. The van der Waals surface area contributed by atoms with Gasteiger partial charge in [0, 0.05) is 5.92 Å². The van der Waals surface area contributed by atoms with Crippen molar-refractivity contribution in [1.82, 2.24) is 0 Å². The van der Waals surface area contributed by atoms with Crippen LogP contribution in [0.15, 0.2) is 12.2 Å². The molecule has 0 aromatic carbocycles. The fourth-order valence-electron chi connectivity index (χ4n) is 4.88. The molecule has 0 saturated heterocycles. The van der Waals surface area contributed by atoms with E-state index in [0.29, 0.717) is 5.92 Å². The van der Waals surface area contributed by atoms with Crippen molar-refractivity contribution >= 4 is 0 Å². The Kier molecular flexibility index (Phi) is 10.3. The summed E-state index contributed by atoms with van der Waals surface area (Å²) in [5, 5.41) is 9.01. The Morgan fingerprint density at radius 3 is 2.00 bits per heavy atom. The van der Waals surface area contributed by atoms with E-state index < -0.39 is 0 Å². The van der Waals surface area contributed by atoms with Gasteiger partial charge in [-0.1, -0.05) is 57.6 Å². The number of nitriles is 1. The van der Waals surface area contributed by atoms with E-state index in [2.05, 4.69) is 25.1 Å². The Bertz CT molecular complexity index is 389. The molecule has 25 heavy (non-hydrogen) atoms. The van der Waals surface area contributed by atoms with Crippen molar-refractivity contribution in [2.24, 2.45) is 23.7 Å². The Morgan fingerprint density at radius 2 is 1.40 bits per heavy atom. The fourth-order valence-corrected chi connectivity index (χ4v) is 4.88. The number of hydrogen-bond donors (Lipinski definition) is 0. The molecule has 0 radical (unpaired) electrons. The molecule has 2 aliphatic carbocycles. The van der Waals surface area contributed by atoms with Crippen molar-refractivity contribution in [2.45, 2.75) is 110 Å². The Morgan fingerprint density at radius 1 is 0.800 bits per heavy atom. The molecule has 2 aliphatic rings. The van der Waals surface area contributed by atoms with E-state index in [-0.39, 0.29) is 0 Å². The highest BCUT2D eigenvalue weighted by Gasteiger charge is 2.23. The maximum atomic E-state index is 9.01. The van der Waals surface area contributed by atoms with E-state index in [1.54, 1.807) is 0 Å². The summed E-state index contributed by atoms with van der Waals surface area (Å²) in [7, 11) is 0. The van der Waals surface area contributed by atoms with Crippen molar-refractivity contribution in [1.29, 1.82) is 5.26 Å². The summed E-state index contributed by atoms with van der Waals surface area (Å²) in [6, 6.07) is 2.46. The van der Waals surface area contributed by atoms with Crippen LogP contribution in [0.3, 0.4) is 0 Å². The second-order valence-corrected chi connectivity index (χ2v) is 8.84. The standard InChI is InChI=1S/C24H41N/c1-2-3-4-5-6-7-8-9-21-10-12-22(13-11-21)14-15-23-16-18-24(20-25)19-17-23/h8-9,21-24H,2-7,10-19H2,1H3. The molecule has 0 aromatic rings. The van der Waals surface area contributed by atoms with Gasteiger partial charge in [-0.15, -0.1) is 0 Å². The third-order valence-electron chi connectivity index (χ3n) is 6.79. The van der Waals surface area contributed by atoms with Gasteiger partial charge in [-0.2, -0.15) is 5.26 Å². The Labute approximate surface area is 157 Å². The molecule has 0 spiro atoms. The number of nitrogens with zero attached hydrogens (tertiary/aromatic N) is 1. The van der Waals surface area contributed by atoms with E-state index in [4.69, 9.17) is 5.26 Å². The summed E-state index contributed by atoms with van der Waals surface area (Å²) in [5.74, 6) is 3.16. The number of allylic oxidation sites excluding steroid dienone is 2. The third-order valence-corrected chi connectivity index (χ3v) is 6.79. The van der Waals surface area contributed by atoms with Crippen molar-refractivity contribution in [2.75, 3.05) is 0 Å². The first kappa shape index (κ1) is 20.5. The zero-order valence-corrected chi connectivity index (χ0v) is 16.7. The second kappa shape index (κ2) is 12.6. The second-order valence-electron chi connectivity index (χ2n) is 8.84. The van der Waals surface area contributed by atoms with Gasteiger partial charge in [0.05, 0.1) is 6.07 Å². The summed E-state index contributed by atoms with van der Waals surface area (Å²) in [4.78, 5) is 0. The van der Waals surface area contributed by atoms with Crippen LogP contribution < -0.4 is 0 Å². The molecule has 0 N–H and O–H groups in total. The molecular formula is C24H41N. The summed E-state index contributed by atoms with van der Waals surface area (Å²) in [6.45, 7) is 2.29. The van der Waals surface area contributed by atoms with Crippen LogP contribution in [0.1, 0.15) is 110 Å². The van der Waals surface area contributed by atoms with Gasteiger partial charge in [0.15, 0.2) is 0 Å². The van der Waals surface area contributed by atoms with Crippen LogP contribution in [0.2, 0.25) is 0 Å². The molecule has 0 unspecified atom stereocenters. The third kappa shape index (κ3) is 8.44. The molecule has 2 fully saturated rings. The minimum absolute atomic E-state index is 0.366. The molecular weight excluding hydrogens is 302 g/mol. The van der Waals surface area contributed by atoms with Crippen molar-refractivity contribution in [3.8, 4) is 6.07 Å². The van der Waals surface area contributed by atoms with E-state index in [9.17, 15) is 0 Å². The summed E-state index contributed by atoms with van der Waals surface area (Å²) in [5.41, 5.74) is 0. The molecule has 0 heterocycles. The maximum Gasteiger partial charge on any atom is 0.0655 e. The lowest BCUT2D eigenvalue weighted by molar-refractivity contribution is 0.242. The predicted molar refractivity (Wildman–Crippen MR) is 108 cm³/mol. The van der Waals surface area contributed by atoms with Gasteiger partial charge in [-0.05, 0) is 82.0 Å². The highest BCUT2D eigenvalue weighted by molar-refractivity contribution is 4.91. The molecule has 142 valence electrons. The molecule has 2 rings (SSSR count). The Balaban J connectivity index is 1.49. The highest BCUT2D eigenvalue weighted by atomic mass is 14.3. The summed E-state index contributed by atoms with van der Waals surface area (Å²) < 4.78 is 0. The van der Waals surface area contributed by atoms with Gasteiger partial charge in [0.1, 0.15) is 0 Å². The number of unbranched alkanes of at least 4 members (excludes halogenated alkanes) is 5. The minimum atomic E-state index is 0.366. The van der Waals surface area contributed by atoms with Gasteiger partial charge in [0.2, 0.25) is 0 Å². The average Bonchev–Trinajstić information content (AvgIpc) is 2.67. The molecule has 2 saturated carbocycles. The lowest BCUT2D eigenvalue weighted by Gasteiger charge is -2.30. The lowest BCUT2D eigenvalue weighted by atomic mass is 9.76. The minimum Gasteiger partial charge on any atom is -0.198 e. The van der Waals surface area contributed by atoms with Crippen LogP contribution in [0.5, 0.6) is 0 Å². The zero-order chi connectivity index (χ0) is 17.7. The van der Waals surface area contributed by atoms with Crippen molar-refractivity contribution in [3.05, 3.63) is 12.2 Å². The van der Waals surface area contributed by atoms with Gasteiger partial charge < -0.3 is 0 Å². The maximum absolute atomic E-state index is 9.01. The van der Waals surface area contributed by atoms with Crippen molar-refractivity contribution < 1.29 is 0 Å². The molecule has 1 heteroatoms. The topological polar surface area (TPSA) is 23.8 Å². The molecule has 0 atom stereocenters. The van der Waals surface area contributed by atoms with E-state index >= 15 is 0 Å². The smallest absolute Gasteiger partial charge is 0.0655 e. The van der Waals surface area contributed by atoms with Gasteiger partial charge in [-0.25, -0.2) is 0 Å². The Hall–Kier alpha value is -0.770. The number of hydrogen-bond acceptors (Lipinski definition) is 1. The number of rotatable bonds is 10. The van der Waals surface area contributed by atoms with Crippen LogP contribution in [-0.2, 0) is 0 Å². The lowest BCUT2D eigenvalue weighted by Crippen LogP contribution is -2.17. The van der Waals surface area contributed by atoms with E-state index in [0.717, 1.165) is 30.6 Å². The van der Waals surface area contributed by atoms with E-state index in [1.807, 2.05) is 0 Å². The van der Waals surface area contributed by atoms with Gasteiger partial charge in [-0.3, -0.25) is 0 Å². The van der Waals surface area contributed by atoms with Crippen LogP contribution in [0, 0.1) is 35.0 Å². The molecule has 0 amide bonds. The van der Waals surface area contributed by atoms with Gasteiger partial charge >= 0.3 is 0 Å². The summed E-state index contributed by atoms with van der Waals surface area (Å²) in [6.07, 6.45) is 26.9. The first-order valence-corrected chi connectivity index (χ1v) is 11.4. The van der Waals surface area contributed by atoms with E-state index in [1.165, 1.54) is 89.9 Å². The normalized spacial score (nSPS) is 30.4. The first-order chi connectivity index (χ1) is 12.3. The average molecular weight is 344 g/mol. The molecule has 0 aromatic heterocycles. The SMILES string of the molecule is CCCCCCCC=CC1CCC(CCC2CCC(C#N)CC2)CC1. The van der Waals surface area contributed by atoms with Gasteiger partial charge in [0.25, 0.3) is 0 Å². The quantitative estimate of drug-likeness (QED) is 0.293. The fraction of sp³-hybridized carbons (Fsp3) is 0.875. The monoisotopic (exact) mass is 343 g/mol. The van der Waals surface area contributed by atoms with Crippen LogP contribution in [-0.4, -0.2) is 0 Å². The van der Waals surface area contributed by atoms with Crippen molar-refractivity contribution in [3.63, 3.8) is 0 Å². The predicted octanol–water partition coefficient (Wildman–Crippen LogP) is 7.82. The molecule has 0 bridgehead atoms. The highest BCUT2D eigenvalue weighted by Crippen LogP contribution is 2.36. The van der Waals surface area contributed by atoms with Crippen LogP contribution in [0.4, 0.5) is 0 Å². The van der Waals surface area contributed by atoms with Crippen LogP contribution in [0.25, 0.3) is 0 Å². The first-order valence-electron chi connectivity index (χ1n) is 11.4. The zero-order valence-electron chi connectivity index (χ0n) is 16.7. The molecule has 1 nitrogen and oxygen atoms in total.